The van der Waals surface area contributed by atoms with Crippen LogP contribution in [-0.4, -0.2) is 41.9 Å². The standard InChI is InChI=1S/C21H25N3O3/c1-23(20(25)17-6-5-13-24(15-17)21(22)26)14-16-9-11-19(12-10-16)27-18-7-3-2-4-8-18/h2-4,7-12,17H,5-6,13-15H2,1H3,(H2,22,26). The van der Waals surface area contributed by atoms with Crippen LogP contribution in [0.25, 0.3) is 0 Å². The summed E-state index contributed by atoms with van der Waals surface area (Å²) in [6.07, 6.45) is 1.59. The molecule has 2 aromatic rings. The summed E-state index contributed by atoms with van der Waals surface area (Å²) < 4.78 is 5.79. The van der Waals surface area contributed by atoms with Crippen LogP contribution in [-0.2, 0) is 11.3 Å². The predicted octanol–water partition coefficient (Wildman–Crippen LogP) is 3.23. The average Bonchev–Trinajstić information content (AvgIpc) is 2.69. The number of amides is 3. The van der Waals surface area contributed by atoms with Crippen molar-refractivity contribution >= 4 is 11.9 Å². The molecule has 3 amide bonds. The molecule has 1 atom stereocenters. The number of likely N-dealkylation sites (tertiary alicyclic amines) is 1. The molecule has 2 aromatic carbocycles. The number of primary amides is 1. The van der Waals surface area contributed by atoms with E-state index in [-0.39, 0.29) is 11.8 Å². The molecule has 0 aromatic heterocycles. The lowest BCUT2D eigenvalue weighted by Crippen LogP contribution is -2.47. The van der Waals surface area contributed by atoms with Gasteiger partial charge in [-0.1, -0.05) is 30.3 Å². The van der Waals surface area contributed by atoms with Gasteiger partial charge in [0.15, 0.2) is 0 Å². The lowest BCUT2D eigenvalue weighted by molar-refractivity contribution is -0.136. The van der Waals surface area contributed by atoms with Crippen LogP contribution < -0.4 is 10.5 Å². The van der Waals surface area contributed by atoms with Crippen LogP contribution in [0.4, 0.5) is 4.79 Å². The van der Waals surface area contributed by atoms with Crippen LogP contribution in [0.5, 0.6) is 11.5 Å². The van der Waals surface area contributed by atoms with Crippen molar-refractivity contribution < 1.29 is 14.3 Å². The number of urea groups is 1. The number of nitrogens with zero attached hydrogens (tertiary/aromatic N) is 2. The first kappa shape index (κ1) is 18.8. The van der Waals surface area contributed by atoms with E-state index in [9.17, 15) is 9.59 Å². The van der Waals surface area contributed by atoms with Gasteiger partial charge in [0, 0.05) is 26.7 Å². The number of nitrogens with two attached hydrogens (primary N) is 1. The number of carbonyl (C=O) groups excluding carboxylic acids is 2. The van der Waals surface area contributed by atoms with Crippen LogP contribution in [0.3, 0.4) is 0 Å². The second kappa shape index (κ2) is 8.58. The van der Waals surface area contributed by atoms with E-state index in [2.05, 4.69) is 0 Å². The van der Waals surface area contributed by atoms with E-state index in [4.69, 9.17) is 10.5 Å². The van der Waals surface area contributed by atoms with Crippen LogP contribution in [0.2, 0.25) is 0 Å². The molecule has 1 saturated heterocycles. The van der Waals surface area contributed by atoms with Crippen molar-refractivity contribution in [3.05, 3.63) is 60.2 Å². The molecule has 6 nitrogen and oxygen atoms in total. The molecule has 0 spiro atoms. The van der Waals surface area contributed by atoms with E-state index < -0.39 is 6.03 Å². The maximum absolute atomic E-state index is 12.7. The molecule has 0 saturated carbocycles. The van der Waals surface area contributed by atoms with Gasteiger partial charge in [0.05, 0.1) is 5.92 Å². The highest BCUT2D eigenvalue weighted by Gasteiger charge is 2.29. The molecule has 1 aliphatic heterocycles. The summed E-state index contributed by atoms with van der Waals surface area (Å²) in [5.41, 5.74) is 6.37. The summed E-state index contributed by atoms with van der Waals surface area (Å²) in [6.45, 7) is 1.55. The third-order valence-electron chi connectivity index (χ3n) is 4.78. The van der Waals surface area contributed by atoms with Crippen molar-refractivity contribution in [2.45, 2.75) is 19.4 Å². The maximum Gasteiger partial charge on any atom is 0.314 e. The number of hydrogen-bond donors (Lipinski definition) is 1. The Morgan fingerprint density at radius 3 is 2.44 bits per heavy atom. The molecule has 2 N–H and O–H groups in total. The zero-order valence-electron chi connectivity index (χ0n) is 15.5. The van der Waals surface area contributed by atoms with Crippen molar-refractivity contribution in [3.63, 3.8) is 0 Å². The Labute approximate surface area is 159 Å². The minimum atomic E-state index is -0.454. The number of piperidine rings is 1. The van der Waals surface area contributed by atoms with Gasteiger partial charge in [0.25, 0.3) is 0 Å². The SMILES string of the molecule is CN(Cc1ccc(Oc2ccccc2)cc1)C(=O)C1CCCN(C(N)=O)C1. The third-order valence-corrected chi connectivity index (χ3v) is 4.78. The lowest BCUT2D eigenvalue weighted by Gasteiger charge is -2.33. The van der Waals surface area contributed by atoms with Gasteiger partial charge < -0.3 is 20.3 Å². The van der Waals surface area contributed by atoms with Gasteiger partial charge in [-0.2, -0.15) is 0 Å². The van der Waals surface area contributed by atoms with Crippen molar-refractivity contribution in [1.29, 1.82) is 0 Å². The Balaban J connectivity index is 1.56. The van der Waals surface area contributed by atoms with Crippen LogP contribution in [0.15, 0.2) is 54.6 Å². The second-order valence-corrected chi connectivity index (χ2v) is 6.88. The van der Waals surface area contributed by atoms with Gasteiger partial charge in [0.2, 0.25) is 5.91 Å². The van der Waals surface area contributed by atoms with E-state index in [0.29, 0.717) is 19.6 Å². The van der Waals surface area contributed by atoms with Crippen LogP contribution in [0.1, 0.15) is 18.4 Å². The maximum atomic E-state index is 12.7. The van der Waals surface area contributed by atoms with Gasteiger partial charge in [-0.25, -0.2) is 4.79 Å². The first-order valence-electron chi connectivity index (χ1n) is 9.14. The predicted molar refractivity (Wildman–Crippen MR) is 103 cm³/mol. The molecule has 1 fully saturated rings. The second-order valence-electron chi connectivity index (χ2n) is 6.88. The van der Waals surface area contributed by atoms with Crippen molar-refractivity contribution in [2.75, 3.05) is 20.1 Å². The molecule has 0 radical (unpaired) electrons. The van der Waals surface area contributed by atoms with Gasteiger partial charge >= 0.3 is 6.03 Å². The van der Waals surface area contributed by atoms with Crippen molar-refractivity contribution in [2.24, 2.45) is 11.7 Å². The first-order valence-corrected chi connectivity index (χ1v) is 9.14. The highest BCUT2D eigenvalue weighted by Crippen LogP contribution is 2.22. The van der Waals surface area contributed by atoms with Gasteiger partial charge in [-0.15, -0.1) is 0 Å². The molecule has 1 heterocycles. The van der Waals surface area contributed by atoms with E-state index in [1.807, 2.05) is 54.6 Å². The minimum absolute atomic E-state index is 0.0468. The Hall–Kier alpha value is -3.02. The quantitative estimate of drug-likeness (QED) is 0.881. The molecule has 1 aliphatic rings. The minimum Gasteiger partial charge on any atom is -0.457 e. The summed E-state index contributed by atoms with van der Waals surface area (Å²) in [6, 6.07) is 16.9. The molecular weight excluding hydrogens is 342 g/mol. The van der Waals surface area contributed by atoms with E-state index in [0.717, 1.165) is 29.9 Å². The first-order chi connectivity index (χ1) is 13.0. The summed E-state index contributed by atoms with van der Waals surface area (Å²) in [5, 5.41) is 0. The topological polar surface area (TPSA) is 75.9 Å². The zero-order chi connectivity index (χ0) is 19.2. The van der Waals surface area contributed by atoms with Gasteiger partial charge in [-0.05, 0) is 42.7 Å². The molecule has 0 bridgehead atoms. The number of carbonyl (C=O) groups is 2. The van der Waals surface area contributed by atoms with E-state index in [1.54, 1.807) is 16.8 Å². The largest absolute Gasteiger partial charge is 0.457 e. The molecule has 3 rings (SSSR count). The van der Waals surface area contributed by atoms with Crippen LogP contribution in [0, 0.1) is 5.92 Å². The van der Waals surface area contributed by atoms with Crippen LogP contribution >= 0.6 is 0 Å². The molecule has 1 unspecified atom stereocenters. The fourth-order valence-electron chi connectivity index (χ4n) is 3.33. The normalized spacial score (nSPS) is 16.6. The molecule has 27 heavy (non-hydrogen) atoms. The third kappa shape index (κ3) is 5.00. The highest BCUT2D eigenvalue weighted by molar-refractivity contribution is 5.80. The Kier molecular flexibility index (Phi) is 5.96. The number of benzene rings is 2. The van der Waals surface area contributed by atoms with E-state index >= 15 is 0 Å². The van der Waals surface area contributed by atoms with Gasteiger partial charge in [0.1, 0.15) is 11.5 Å². The van der Waals surface area contributed by atoms with Crippen molar-refractivity contribution in [1.82, 2.24) is 9.80 Å². The summed E-state index contributed by atoms with van der Waals surface area (Å²) in [7, 11) is 1.79. The highest BCUT2D eigenvalue weighted by atomic mass is 16.5. The molecule has 142 valence electrons. The Morgan fingerprint density at radius 1 is 1.11 bits per heavy atom. The van der Waals surface area contributed by atoms with E-state index in [1.165, 1.54) is 0 Å². The number of ether oxygens (including phenoxy) is 1. The zero-order valence-corrected chi connectivity index (χ0v) is 15.5. The lowest BCUT2D eigenvalue weighted by atomic mass is 9.96. The number of para-hydroxylation sites is 1. The Bertz CT molecular complexity index is 777. The summed E-state index contributed by atoms with van der Waals surface area (Å²) >= 11 is 0. The number of hydrogen-bond acceptors (Lipinski definition) is 3. The average molecular weight is 367 g/mol. The summed E-state index contributed by atoms with van der Waals surface area (Å²) in [4.78, 5) is 27.3. The molecular formula is C21H25N3O3. The monoisotopic (exact) mass is 367 g/mol. The Morgan fingerprint density at radius 2 is 1.78 bits per heavy atom. The van der Waals surface area contributed by atoms with Crippen molar-refractivity contribution in [3.8, 4) is 11.5 Å². The van der Waals surface area contributed by atoms with Gasteiger partial charge in [-0.3, -0.25) is 4.79 Å². The number of rotatable bonds is 5. The summed E-state index contributed by atoms with van der Waals surface area (Å²) in [5.74, 6) is 1.40. The molecule has 0 aliphatic carbocycles. The fraction of sp³-hybridized carbons (Fsp3) is 0.333. The molecule has 6 heteroatoms. The fourth-order valence-corrected chi connectivity index (χ4v) is 3.33. The smallest absolute Gasteiger partial charge is 0.314 e.